The van der Waals surface area contributed by atoms with Crippen LogP contribution in [0, 0.1) is 16.7 Å². The van der Waals surface area contributed by atoms with Gasteiger partial charge in [0.1, 0.15) is 29.8 Å². The first-order valence-electron chi connectivity index (χ1n) is 17.5. The average Bonchev–Trinajstić information content (AvgIpc) is 3.72. The molecular weight excluding hydrogens is 634 g/mol. The Labute approximate surface area is 292 Å². The van der Waals surface area contributed by atoms with Gasteiger partial charge in [-0.05, 0) is 88.6 Å². The largest absolute Gasteiger partial charge is 0.490 e. The van der Waals surface area contributed by atoms with Gasteiger partial charge in [-0.2, -0.15) is 10.4 Å². The van der Waals surface area contributed by atoms with Gasteiger partial charge in [-0.15, -0.1) is 0 Å². The maximum Gasteiger partial charge on any atom is 0.410 e. The molecule has 12 nitrogen and oxygen atoms in total. The molecule has 1 aliphatic carbocycles. The molecular formula is C38H45N7O5. The first-order valence-corrected chi connectivity index (χ1v) is 17.5. The highest BCUT2D eigenvalue weighted by Gasteiger charge is 2.50. The van der Waals surface area contributed by atoms with Gasteiger partial charge >= 0.3 is 6.09 Å². The zero-order valence-electron chi connectivity index (χ0n) is 29.0. The van der Waals surface area contributed by atoms with Crippen LogP contribution in [0.4, 0.5) is 10.6 Å². The number of nitrogens with zero attached hydrogens (tertiary/aromatic N) is 7. The number of piperidine rings is 1. The zero-order chi connectivity index (χ0) is 34.9. The number of anilines is 1. The molecule has 1 amide bonds. The van der Waals surface area contributed by atoms with Crippen molar-refractivity contribution in [1.29, 1.82) is 5.26 Å². The minimum atomic E-state index is -0.779. The number of rotatable bonds is 9. The van der Waals surface area contributed by atoms with Crippen molar-refractivity contribution in [3.8, 4) is 22.9 Å². The van der Waals surface area contributed by atoms with E-state index in [4.69, 9.17) is 19.2 Å². The molecule has 0 radical (unpaired) electrons. The molecule has 4 aromatic heterocycles. The first kappa shape index (κ1) is 33.8. The normalized spacial score (nSPS) is 21.6. The van der Waals surface area contributed by atoms with E-state index in [0.717, 1.165) is 55.0 Å². The van der Waals surface area contributed by atoms with E-state index in [9.17, 15) is 15.2 Å². The maximum absolute atomic E-state index is 12.5. The number of likely N-dealkylation sites (tertiary alicyclic amines) is 1. The monoisotopic (exact) mass is 679 g/mol. The van der Waals surface area contributed by atoms with Crippen molar-refractivity contribution < 1.29 is 24.1 Å². The number of fused-ring (bicyclic) bond motifs is 1. The Morgan fingerprint density at radius 1 is 1.06 bits per heavy atom. The van der Waals surface area contributed by atoms with Crippen molar-refractivity contribution in [3.63, 3.8) is 0 Å². The van der Waals surface area contributed by atoms with E-state index in [1.165, 1.54) is 0 Å². The molecule has 3 aliphatic rings. The number of nitriles is 1. The van der Waals surface area contributed by atoms with Crippen molar-refractivity contribution in [2.45, 2.75) is 76.6 Å². The number of aromatic nitrogens is 4. The smallest absolute Gasteiger partial charge is 0.410 e. The minimum Gasteiger partial charge on any atom is -0.490 e. The van der Waals surface area contributed by atoms with Crippen LogP contribution in [-0.2, 0) is 15.9 Å². The number of carbonyl (C=O) groups excluding carboxylic acids is 1. The van der Waals surface area contributed by atoms with Crippen molar-refractivity contribution in [2.24, 2.45) is 5.41 Å². The van der Waals surface area contributed by atoms with Gasteiger partial charge in [-0.1, -0.05) is 6.07 Å². The van der Waals surface area contributed by atoms with E-state index in [0.29, 0.717) is 62.4 Å². The lowest BCUT2D eigenvalue weighted by atomic mass is 9.66. The van der Waals surface area contributed by atoms with E-state index in [2.05, 4.69) is 21.1 Å². The lowest BCUT2D eigenvalue weighted by molar-refractivity contribution is -0.0820. The van der Waals surface area contributed by atoms with Crippen LogP contribution >= 0.6 is 0 Å². The second-order valence-corrected chi connectivity index (χ2v) is 15.1. The van der Waals surface area contributed by atoms with Gasteiger partial charge in [0, 0.05) is 61.8 Å². The molecule has 7 rings (SSSR count). The standard InChI is InChI=1S/C38H45N7O5/c1-36(2,3)50-35(46)44-13-9-37(26-44)20-31(21-37)49-17-16-48-30-18-32(34-28(22-39)24-42-45(34)25-30)27-7-8-33(41-23-27)43-14-10-38(47,11-15-43)19-29-6-4-5-12-40-29/h4-8,12,18,23-25,31,47H,9-11,13-17,19-21,26H2,1-3H3. The molecule has 0 unspecified atom stereocenters. The molecule has 0 bridgehead atoms. The van der Waals surface area contributed by atoms with Gasteiger partial charge in [0.2, 0.25) is 0 Å². The predicted octanol–water partition coefficient (Wildman–Crippen LogP) is 5.42. The second-order valence-electron chi connectivity index (χ2n) is 15.1. The summed E-state index contributed by atoms with van der Waals surface area (Å²) in [5, 5.41) is 25.4. The number of carbonyl (C=O) groups is 1. The molecule has 2 aliphatic heterocycles. The van der Waals surface area contributed by atoms with Gasteiger partial charge in [-0.25, -0.2) is 14.3 Å². The fourth-order valence-corrected chi connectivity index (χ4v) is 7.53. The van der Waals surface area contributed by atoms with Gasteiger partial charge in [0.05, 0.1) is 41.8 Å². The van der Waals surface area contributed by atoms with Crippen LogP contribution in [0.3, 0.4) is 0 Å². The van der Waals surface area contributed by atoms with Gasteiger partial charge in [-0.3, -0.25) is 4.98 Å². The van der Waals surface area contributed by atoms with E-state index in [-0.39, 0.29) is 17.6 Å². The molecule has 12 heteroatoms. The molecule has 0 atom stereocenters. The highest BCUT2D eigenvalue weighted by Crippen LogP contribution is 2.49. The van der Waals surface area contributed by atoms with E-state index in [1.54, 1.807) is 23.1 Å². The number of pyridine rings is 3. The average molecular weight is 680 g/mol. The third-order valence-electron chi connectivity index (χ3n) is 10.1. The van der Waals surface area contributed by atoms with E-state index in [1.807, 2.05) is 68.3 Å². The first-order chi connectivity index (χ1) is 24.0. The summed E-state index contributed by atoms with van der Waals surface area (Å²) in [6.07, 6.45) is 11.5. The van der Waals surface area contributed by atoms with Crippen LogP contribution in [0.5, 0.6) is 5.75 Å². The number of amides is 1. The summed E-state index contributed by atoms with van der Waals surface area (Å²) in [4.78, 5) is 25.7. The van der Waals surface area contributed by atoms with Crippen LogP contribution in [0.1, 0.15) is 64.1 Å². The Bertz CT molecular complexity index is 1850. The molecule has 1 spiro atoms. The zero-order valence-corrected chi connectivity index (χ0v) is 29.0. The quantitative estimate of drug-likeness (QED) is 0.228. The molecule has 0 aromatic carbocycles. The van der Waals surface area contributed by atoms with Gasteiger partial charge in [0.25, 0.3) is 0 Å². The summed E-state index contributed by atoms with van der Waals surface area (Å²) in [5.74, 6) is 1.46. The van der Waals surface area contributed by atoms with Crippen LogP contribution < -0.4 is 9.64 Å². The van der Waals surface area contributed by atoms with E-state index >= 15 is 0 Å². The Morgan fingerprint density at radius 3 is 2.58 bits per heavy atom. The highest BCUT2D eigenvalue weighted by atomic mass is 16.6. The maximum atomic E-state index is 12.5. The lowest BCUT2D eigenvalue weighted by Gasteiger charge is -2.44. The summed E-state index contributed by atoms with van der Waals surface area (Å²) >= 11 is 0. The molecule has 3 fully saturated rings. The van der Waals surface area contributed by atoms with Gasteiger partial charge < -0.3 is 29.1 Å². The van der Waals surface area contributed by atoms with Crippen LogP contribution in [0.25, 0.3) is 16.6 Å². The summed E-state index contributed by atoms with van der Waals surface area (Å²) < 4.78 is 19.5. The van der Waals surface area contributed by atoms with Crippen molar-refractivity contribution in [3.05, 3.63) is 72.4 Å². The second kappa shape index (κ2) is 13.5. The fourth-order valence-electron chi connectivity index (χ4n) is 7.53. The number of aliphatic hydroxyl groups is 1. The molecule has 262 valence electrons. The van der Waals surface area contributed by atoms with E-state index < -0.39 is 11.2 Å². The summed E-state index contributed by atoms with van der Waals surface area (Å²) in [6, 6.07) is 14.0. The number of ether oxygens (including phenoxy) is 3. The Morgan fingerprint density at radius 2 is 1.88 bits per heavy atom. The van der Waals surface area contributed by atoms with Crippen LogP contribution in [0.2, 0.25) is 0 Å². The Balaban J connectivity index is 0.941. The molecule has 1 N–H and O–H groups in total. The molecule has 4 aromatic rings. The number of hydrogen-bond acceptors (Lipinski definition) is 10. The van der Waals surface area contributed by atoms with Crippen LogP contribution in [0.15, 0.2) is 61.2 Å². The van der Waals surface area contributed by atoms with Crippen molar-refractivity contribution in [2.75, 3.05) is 44.3 Å². The topological polar surface area (TPSA) is 138 Å². The Hall–Kier alpha value is -4.73. The molecule has 50 heavy (non-hydrogen) atoms. The summed E-state index contributed by atoms with van der Waals surface area (Å²) in [7, 11) is 0. The number of hydrogen-bond donors (Lipinski definition) is 1. The lowest BCUT2D eigenvalue weighted by Crippen LogP contribution is -2.46. The molecule has 6 heterocycles. The SMILES string of the molecule is CC(C)(C)OC(=O)N1CCC2(CC(OCCOc3cc(-c4ccc(N5CCC(O)(Cc6ccccn6)CC5)nc4)c4c(C#N)cnn4c3)C2)C1. The minimum absolute atomic E-state index is 0.127. The fraction of sp³-hybridized carbons (Fsp3) is 0.500. The van der Waals surface area contributed by atoms with Gasteiger partial charge in [0.15, 0.2) is 0 Å². The van der Waals surface area contributed by atoms with Crippen molar-refractivity contribution >= 4 is 17.4 Å². The molecule has 2 saturated heterocycles. The van der Waals surface area contributed by atoms with Crippen LogP contribution in [-0.4, -0.2) is 92.4 Å². The third-order valence-corrected chi connectivity index (χ3v) is 10.1. The highest BCUT2D eigenvalue weighted by molar-refractivity contribution is 5.85. The third kappa shape index (κ3) is 7.39. The Kier molecular flexibility index (Phi) is 9.13. The van der Waals surface area contributed by atoms with Crippen molar-refractivity contribution in [1.82, 2.24) is 24.5 Å². The summed E-state index contributed by atoms with van der Waals surface area (Å²) in [5.41, 5.74) is 2.57. The molecule has 1 saturated carbocycles. The predicted molar refractivity (Wildman–Crippen MR) is 187 cm³/mol. The summed E-state index contributed by atoms with van der Waals surface area (Å²) in [6.45, 7) is 9.31.